The zero-order valence-electron chi connectivity index (χ0n) is 18.4. The number of ether oxygens (including phenoxy) is 2. The van der Waals surface area contributed by atoms with Crippen molar-refractivity contribution < 1.29 is 19.0 Å². The summed E-state index contributed by atoms with van der Waals surface area (Å²) in [6, 6.07) is 12.1. The quantitative estimate of drug-likeness (QED) is 0.437. The van der Waals surface area contributed by atoms with Crippen LogP contribution in [0.15, 0.2) is 75.0 Å². The number of allylic oxidation sites excluding steroid dienone is 3. The van der Waals surface area contributed by atoms with Crippen molar-refractivity contribution in [2.75, 3.05) is 13.7 Å². The van der Waals surface area contributed by atoms with Gasteiger partial charge in [-0.2, -0.15) is 0 Å². The molecular formula is C26H28O5. The Morgan fingerprint density at radius 3 is 2.52 bits per heavy atom. The van der Waals surface area contributed by atoms with Gasteiger partial charge in [-0.15, -0.1) is 0 Å². The number of fused-ring (bicyclic) bond motifs is 1. The minimum absolute atomic E-state index is 0.0670. The normalized spacial score (nSPS) is 11.4. The molecule has 0 saturated heterocycles. The minimum atomic E-state index is -0.350. The molecular weight excluding hydrogens is 392 g/mol. The van der Waals surface area contributed by atoms with Gasteiger partial charge in [-0.25, -0.2) is 0 Å². The molecule has 0 aliphatic heterocycles. The monoisotopic (exact) mass is 420 g/mol. The molecule has 0 bridgehead atoms. The number of methoxy groups -OCH3 is 1. The molecule has 0 aliphatic rings. The van der Waals surface area contributed by atoms with Crippen molar-refractivity contribution in [3.05, 3.63) is 76.0 Å². The van der Waals surface area contributed by atoms with E-state index in [4.69, 9.17) is 13.9 Å². The second-order valence-corrected chi connectivity index (χ2v) is 7.65. The van der Waals surface area contributed by atoms with Crippen molar-refractivity contribution in [1.29, 1.82) is 0 Å². The van der Waals surface area contributed by atoms with Crippen molar-refractivity contribution in [3.63, 3.8) is 0 Å². The standard InChI is InChI=1S/C26H28O5/c1-17(2)9-8-10-18(3)13-14-30-23-16-21(28)24-20(27)15-22(19-11-6-5-7-12-19)31-26(24)25(23)29-4/h5-7,9,11-13,15-16,28H,8,10,14H2,1-4H3/b18-13+. The van der Waals surface area contributed by atoms with Crippen LogP contribution in [0.1, 0.15) is 33.6 Å². The van der Waals surface area contributed by atoms with Crippen LogP contribution in [-0.2, 0) is 0 Å². The van der Waals surface area contributed by atoms with Gasteiger partial charge in [0.2, 0.25) is 5.75 Å². The van der Waals surface area contributed by atoms with Gasteiger partial charge in [0.05, 0.1) is 7.11 Å². The Morgan fingerprint density at radius 1 is 1.10 bits per heavy atom. The van der Waals surface area contributed by atoms with Gasteiger partial charge in [-0.3, -0.25) is 4.79 Å². The summed E-state index contributed by atoms with van der Waals surface area (Å²) in [5.74, 6) is 0.777. The highest BCUT2D eigenvalue weighted by atomic mass is 16.5. The summed E-state index contributed by atoms with van der Waals surface area (Å²) >= 11 is 0. The van der Waals surface area contributed by atoms with Crippen LogP contribution in [0, 0.1) is 0 Å². The van der Waals surface area contributed by atoms with Gasteiger partial charge in [0.25, 0.3) is 0 Å². The lowest BCUT2D eigenvalue weighted by Gasteiger charge is -2.13. The summed E-state index contributed by atoms with van der Waals surface area (Å²) in [6.07, 6.45) is 6.13. The van der Waals surface area contributed by atoms with Crippen LogP contribution < -0.4 is 14.9 Å². The Bertz CT molecular complexity index is 1170. The molecule has 0 spiro atoms. The van der Waals surface area contributed by atoms with E-state index in [0.717, 1.165) is 18.4 Å². The first-order chi connectivity index (χ1) is 14.9. The first-order valence-corrected chi connectivity index (χ1v) is 10.3. The van der Waals surface area contributed by atoms with Crippen molar-refractivity contribution in [2.24, 2.45) is 0 Å². The Hall–Kier alpha value is -3.47. The van der Waals surface area contributed by atoms with E-state index in [1.54, 1.807) is 0 Å². The van der Waals surface area contributed by atoms with Crippen LogP contribution in [0.25, 0.3) is 22.3 Å². The molecule has 0 atom stereocenters. The van der Waals surface area contributed by atoms with Gasteiger partial charge in [0.15, 0.2) is 16.8 Å². The van der Waals surface area contributed by atoms with Crippen LogP contribution in [0.4, 0.5) is 0 Å². The highest BCUT2D eigenvalue weighted by molar-refractivity contribution is 5.91. The summed E-state index contributed by atoms with van der Waals surface area (Å²) in [5.41, 5.74) is 3.08. The third kappa shape index (κ3) is 5.37. The van der Waals surface area contributed by atoms with E-state index < -0.39 is 0 Å². The molecule has 3 rings (SSSR count). The largest absolute Gasteiger partial charge is 0.507 e. The maximum absolute atomic E-state index is 12.7. The fraction of sp³-hybridized carbons (Fsp3) is 0.269. The minimum Gasteiger partial charge on any atom is -0.507 e. The maximum Gasteiger partial charge on any atom is 0.205 e. The summed E-state index contributed by atoms with van der Waals surface area (Å²) in [5, 5.41) is 10.5. The Kier molecular flexibility index (Phi) is 7.19. The molecule has 162 valence electrons. The van der Waals surface area contributed by atoms with Crippen molar-refractivity contribution in [3.8, 4) is 28.6 Å². The van der Waals surface area contributed by atoms with Crippen LogP contribution >= 0.6 is 0 Å². The predicted octanol–water partition coefficient (Wildman–Crippen LogP) is 6.25. The molecule has 2 aromatic carbocycles. The van der Waals surface area contributed by atoms with Crippen molar-refractivity contribution in [2.45, 2.75) is 33.6 Å². The first kappa shape index (κ1) is 22.2. The summed E-state index contributed by atoms with van der Waals surface area (Å²) < 4.78 is 17.4. The number of hydrogen-bond acceptors (Lipinski definition) is 5. The molecule has 0 radical (unpaired) electrons. The second kappa shape index (κ2) is 10.0. The molecule has 0 amide bonds. The van der Waals surface area contributed by atoms with E-state index in [9.17, 15) is 9.90 Å². The summed E-state index contributed by atoms with van der Waals surface area (Å²) in [7, 11) is 1.48. The Balaban J connectivity index is 1.94. The second-order valence-electron chi connectivity index (χ2n) is 7.65. The number of phenolic OH excluding ortho intramolecular Hbond substituents is 1. The highest BCUT2D eigenvalue weighted by Gasteiger charge is 2.20. The number of aromatic hydroxyl groups is 1. The van der Waals surface area contributed by atoms with E-state index in [0.29, 0.717) is 18.1 Å². The SMILES string of the molecule is COc1c(OC/C=C(\C)CCC=C(C)C)cc(O)c2c(=O)cc(-c3ccccc3)oc12. The number of rotatable bonds is 8. The third-order valence-corrected chi connectivity index (χ3v) is 4.93. The fourth-order valence-electron chi connectivity index (χ4n) is 3.28. The molecule has 0 fully saturated rings. The molecule has 0 saturated carbocycles. The maximum atomic E-state index is 12.7. The average molecular weight is 421 g/mol. The lowest BCUT2D eigenvalue weighted by Crippen LogP contribution is -2.04. The van der Waals surface area contributed by atoms with Crippen LogP contribution in [0.3, 0.4) is 0 Å². The molecule has 1 heterocycles. The summed E-state index contributed by atoms with van der Waals surface area (Å²) in [6.45, 7) is 6.54. The van der Waals surface area contributed by atoms with Crippen molar-refractivity contribution >= 4 is 11.0 Å². The lowest BCUT2D eigenvalue weighted by molar-refractivity contribution is 0.322. The van der Waals surface area contributed by atoms with Gasteiger partial charge in [-0.1, -0.05) is 47.6 Å². The molecule has 5 nitrogen and oxygen atoms in total. The van der Waals surface area contributed by atoms with E-state index >= 15 is 0 Å². The number of phenols is 1. The first-order valence-electron chi connectivity index (χ1n) is 10.3. The Labute approximate surface area is 182 Å². The zero-order chi connectivity index (χ0) is 22.4. The predicted molar refractivity (Wildman–Crippen MR) is 124 cm³/mol. The van der Waals surface area contributed by atoms with Crippen molar-refractivity contribution in [1.82, 2.24) is 0 Å². The highest BCUT2D eigenvalue weighted by Crippen LogP contribution is 2.41. The third-order valence-electron chi connectivity index (χ3n) is 4.93. The molecule has 3 aromatic rings. The Morgan fingerprint density at radius 2 is 1.84 bits per heavy atom. The smallest absolute Gasteiger partial charge is 0.205 e. The van der Waals surface area contributed by atoms with Crippen LogP contribution in [-0.4, -0.2) is 18.8 Å². The zero-order valence-corrected chi connectivity index (χ0v) is 18.4. The molecule has 5 heteroatoms. The van der Waals surface area contributed by atoms with Crippen LogP contribution in [0.5, 0.6) is 17.2 Å². The fourth-order valence-corrected chi connectivity index (χ4v) is 3.28. The van der Waals surface area contributed by atoms with Crippen LogP contribution in [0.2, 0.25) is 0 Å². The molecule has 31 heavy (non-hydrogen) atoms. The lowest BCUT2D eigenvalue weighted by atomic mass is 10.1. The number of benzene rings is 2. The topological polar surface area (TPSA) is 68.9 Å². The average Bonchev–Trinajstić information content (AvgIpc) is 2.74. The number of hydrogen-bond donors (Lipinski definition) is 1. The van der Waals surface area contributed by atoms with Gasteiger partial charge < -0.3 is 19.0 Å². The van der Waals surface area contributed by atoms with E-state index in [-0.39, 0.29) is 27.9 Å². The van der Waals surface area contributed by atoms with Gasteiger partial charge in [0, 0.05) is 17.7 Å². The van der Waals surface area contributed by atoms with E-state index in [1.165, 1.54) is 30.4 Å². The molecule has 1 N–H and O–H groups in total. The van der Waals surface area contributed by atoms with Gasteiger partial charge in [0.1, 0.15) is 23.5 Å². The molecule has 0 aliphatic carbocycles. The molecule has 1 aromatic heterocycles. The van der Waals surface area contributed by atoms with Gasteiger partial charge >= 0.3 is 0 Å². The molecule has 0 unspecified atom stereocenters. The summed E-state index contributed by atoms with van der Waals surface area (Å²) in [4.78, 5) is 12.7. The van der Waals surface area contributed by atoms with E-state index in [1.807, 2.05) is 36.4 Å². The van der Waals surface area contributed by atoms with E-state index in [2.05, 4.69) is 26.8 Å². The van der Waals surface area contributed by atoms with Gasteiger partial charge in [-0.05, 0) is 39.7 Å².